The number of aromatic nitrogens is 3. The van der Waals surface area contributed by atoms with E-state index in [0.29, 0.717) is 22.3 Å². The van der Waals surface area contributed by atoms with E-state index in [9.17, 15) is 9.59 Å². The molecular weight excluding hydrogens is 462 g/mol. The van der Waals surface area contributed by atoms with E-state index in [1.807, 2.05) is 66.9 Å². The minimum Gasteiger partial charge on any atom is -0.497 e. The van der Waals surface area contributed by atoms with Crippen molar-refractivity contribution in [2.75, 3.05) is 12.9 Å². The fraction of sp³-hybridized carbons (Fsp3) is 0.154. The third kappa shape index (κ3) is 5.88. The second-order valence-corrected chi connectivity index (χ2v) is 8.81. The van der Waals surface area contributed by atoms with Crippen molar-refractivity contribution in [2.45, 2.75) is 19.0 Å². The number of nitrogens with zero attached hydrogens (tertiary/aromatic N) is 3. The topological polar surface area (TPSA) is 98.1 Å². The Hall–Kier alpha value is -4.11. The first-order valence-corrected chi connectivity index (χ1v) is 11.9. The Morgan fingerprint density at radius 3 is 2.11 bits per heavy atom. The van der Waals surface area contributed by atoms with Crippen molar-refractivity contribution in [2.24, 2.45) is 0 Å². The highest BCUT2D eigenvalue weighted by Gasteiger charge is 2.17. The number of hydrazine groups is 1. The van der Waals surface area contributed by atoms with E-state index in [4.69, 9.17) is 4.74 Å². The van der Waals surface area contributed by atoms with Crippen LogP contribution in [0, 0.1) is 13.8 Å². The Kier molecular flexibility index (Phi) is 7.47. The minimum absolute atomic E-state index is 0.0424. The number of rotatable bonds is 7. The predicted octanol–water partition coefficient (Wildman–Crippen LogP) is 4.11. The molecule has 0 unspecified atom stereocenters. The van der Waals surface area contributed by atoms with E-state index in [1.54, 1.807) is 31.4 Å². The molecule has 0 saturated heterocycles. The maximum atomic E-state index is 12.4. The van der Waals surface area contributed by atoms with Crippen molar-refractivity contribution in [1.29, 1.82) is 0 Å². The number of thioether (sulfide) groups is 1. The molecule has 3 aromatic carbocycles. The van der Waals surface area contributed by atoms with Gasteiger partial charge in [0.15, 0.2) is 11.0 Å². The number of ether oxygens (including phenoxy) is 1. The van der Waals surface area contributed by atoms with Crippen molar-refractivity contribution >= 4 is 23.6 Å². The van der Waals surface area contributed by atoms with Crippen LogP contribution in [0.3, 0.4) is 0 Å². The normalized spacial score (nSPS) is 10.6. The van der Waals surface area contributed by atoms with Gasteiger partial charge in [-0.1, -0.05) is 59.3 Å². The number of hydrogen-bond donors (Lipinski definition) is 2. The molecule has 9 heteroatoms. The smallest absolute Gasteiger partial charge is 0.269 e. The quantitative estimate of drug-likeness (QED) is 0.301. The predicted molar refractivity (Wildman–Crippen MR) is 136 cm³/mol. The molecule has 4 rings (SSSR count). The summed E-state index contributed by atoms with van der Waals surface area (Å²) in [6, 6.07) is 22.7. The lowest BCUT2D eigenvalue weighted by Crippen LogP contribution is -2.42. The number of methoxy groups -OCH3 is 1. The largest absolute Gasteiger partial charge is 0.497 e. The van der Waals surface area contributed by atoms with E-state index >= 15 is 0 Å². The third-order valence-electron chi connectivity index (χ3n) is 5.24. The second-order valence-electron chi connectivity index (χ2n) is 7.86. The first-order chi connectivity index (χ1) is 16.9. The van der Waals surface area contributed by atoms with Gasteiger partial charge in [-0.05, 0) is 50.2 Å². The van der Waals surface area contributed by atoms with Gasteiger partial charge >= 0.3 is 0 Å². The number of benzene rings is 3. The zero-order valence-corrected chi connectivity index (χ0v) is 20.4. The summed E-state index contributed by atoms with van der Waals surface area (Å²) < 4.78 is 7.01. The first kappa shape index (κ1) is 24.0. The van der Waals surface area contributed by atoms with Crippen LogP contribution in [-0.4, -0.2) is 39.4 Å². The summed E-state index contributed by atoms with van der Waals surface area (Å²) in [5.74, 6) is 0.581. The van der Waals surface area contributed by atoms with Gasteiger partial charge < -0.3 is 4.74 Å². The lowest BCUT2D eigenvalue weighted by molar-refractivity contribution is -0.119. The average molecular weight is 488 g/mol. The minimum atomic E-state index is -0.421. The third-order valence-corrected chi connectivity index (χ3v) is 6.16. The first-order valence-electron chi connectivity index (χ1n) is 10.9. The SMILES string of the molecule is COc1ccc(C(=O)NNC(=O)CSc2nnc(-c3ccc(C)cc3)n2-c2ccc(C)cc2)cc1. The van der Waals surface area contributed by atoms with E-state index in [1.165, 1.54) is 11.8 Å². The van der Waals surface area contributed by atoms with Crippen molar-refractivity contribution < 1.29 is 14.3 Å². The molecule has 0 radical (unpaired) electrons. The van der Waals surface area contributed by atoms with Crippen LogP contribution in [0.1, 0.15) is 21.5 Å². The lowest BCUT2D eigenvalue weighted by atomic mass is 10.1. The Morgan fingerprint density at radius 1 is 0.857 bits per heavy atom. The van der Waals surface area contributed by atoms with Crippen LogP contribution in [-0.2, 0) is 4.79 Å². The molecule has 8 nitrogen and oxygen atoms in total. The second kappa shape index (κ2) is 10.9. The number of hydrogen-bond acceptors (Lipinski definition) is 6. The van der Waals surface area contributed by atoms with Gasteiger partial charge in [-0.3, -0.25) is 25.0 Å². The Bertz CT molecular complexity index is 1320. The average Bonchev–Trinajstić information content (AvgIpc) is 3.31. The van der Waals surface area contributed by atoms with Gasteiger partial charge in [0.05, 0.1) is 12.9 Å². The van der Waals surface area contributed by atoms with Crippen LogP contribution in [0.5, 0.6) is 5.75 Å². The molecule has 0 spiro atoms. The molecule has 35 heavy (non-hydrogen) atoms. The number of aryl methyl sites for hydroxylation is 2. The number of nitrogens with one attached hydrogen (secondary N) is 2. The molecular formula is C26H25N5O3S. The summed E-state index contributed by atoms with van der Waals surface area (Å²) >= 11 is 1.23. The van der Waals surface area contributed by atoms with Gasteiger partial charge in [-0.2, -0.15) is 0 Å². The molecule has 0 fully saturated rings. The zero-order chi connectivity index (χ0) is 24.8. The monoisotopic (exact) mass is 487 g/mol. The number of amides is 2. The van der Waals surface area contributed by atoms with Gasteiger partial charge in [-0.25, -0.2) is 0 Å². The van der Waals surface area contributed by atoms with Crippen LogP contribution < -0.4 is 15.6 Å². The Labute approximate surface area is 207 Å². The molecule has 178 valence electrons. The van der Waals surface area contributed by atoms with Gasteiger partial charge in [0.25, 0.3) is 5.91 Å². The van der Waals surface area contributed by atoms with Crippen molar-refractivity contribution in [1.82, 2.24) is 25.6 Å². The molecule has 1 aromatic heterocycles. The molecule has 2 amide bonds. The molecule has 1 heterocycles. The van der Waals surface area contributed by atoms with E-state index in [2.05, 4.69) is 21.0 Å². The lowest BCUT2D eigenvalue weighted by Gasteiger charge is -2.11. The molecule has 2 N–H and O–H groups in total. The summed E-state index contributed by atoms with van der Waals surface area (Å²) in [4.78, 5) is 24.7. The van der Waals surface area contributed by atoms with Crippen LogP contribution in [0.25, 0.3) is 17.1 Å². The molecule has 4 aromatic rings. The molecule has 0 bridgehead atoms. The van der Waals surface area contributed by atoms with Crippen molar-refractivity contribution in [3.63, 3.8) is 0 Å². The highest BCUT2D eigenvalue weighted by atomic mass is 32.2. The summed E-state index contributed by atoms with van der Waals surface area (Å²) in [5, 5.41) is 9.31. The maximum absolute atomic E-state index is 12.4. The van der Waals surface area contributed by atoms with Crippen molar-refractivity contribution in [3.05, 3.63) is 89.5 Å². The summed E-state index contributed by atoms with van der Waals surface area (Å²) in [7, 11) is 1.55. The van der Waals surface area contributed by atoms with E-state index in [0.717, 1.165) is 22.4 Å². The molecule has 0 saturated carbocycles. The molecule has 0 aliphatic heterocycles. The van der Waals surface area contributed by atoms with Crippen LogP contribution in [0.4, 0.5) is 0 Å². The Balaban J connectivity index is 1.46. The summed E-state index contributed by atoms with van der Waals surface area (Å²) in [6.45, 7) is 4.05. The van der Waals surface area contributed by atoms with E-state index < -0.39 is 5.91 Å². The van der Waals surface area contributed by atoms with Gasteiger partial charge in [0, 0.05) is 16.8 Å². The molecule has 0 atom stereocenters. The van der Waals surface area contributed by atoms with Gasteiger partial charge in [0.2, 0.25) is 5.91 Å². The van der Waals surface area contributed by atoms with Crippen molar-refractivity contribution in [3.8, 4) is 22.8 Å². The van der Waals surface area contributed by atoms with Gasteiger partial charge in [-0.15, -0.1) is 10.2 Å². The van der Waals surface area contributed by atoms with Crippen LogP contribution in [0.15, 0.2) is 78.0 Å². The van der Waals surface area contributed by atoms with Crippen LogP contribution in [0.2, 0.25) is 0 Å². The standard InChI is InChI=1S/C26H25N5O3S/c1-17-4-8-19(9-5-17)24-28-30-26(31(24)21-12-6-18(2)7-13-21)35-16-23(32)27-29-25(33)20-10-14-22(34-3)15-11-20/h4-15H,16H2,1-3H3,(H,27,32)(H,29,33). The zero-order valence-electron chi connectivity index (χ0n) is 19.6. The summed E-state index contributed by atoms with van der Waals surface area (Å²) in [6.07, 6.45) is 0. The fourth-order valence-corrected chi connectivity index (χ4v) is 4.04. The van der Waals surface area contributed by atoms with E-state index in [-0.39, 0.29) is 11.7 Å². The Morgan fingerprint density at radius 2 is 1.49 bits per heavy atom. The highest BCUT2D eigenvalue weighted by molar-refractivity contribution is 7.99. The molecule has 0 aliphatic carbocycles. The maximum Gasteiger partial charge on any atom is 0.269 e. The highest BCUT2D eigenvalue weighted by Crippen LogP contribution is 2.28. The van der Waals surface area contributed by atoms with Gasteiger partial charge in [0.1, 0.15) is 5.75 Å². The fourth-order valence-electron chi connectivity index (χ4n) is 3.29. The summed E-state index contributed by atoms with van der Waals surface area (Å²) in [5.41, 5.74) is 9.38. The molecule has 0 aliphatic rings. The number of carbonyl (C=O) groups excluding carboxylic acids is 2. The van der Waals surface area contributed by atoms with Crippen LogP contribution >= 0.6 is 11.8 Å². The number of carbonyl (C=O) groups is 2.